The number of aliphatic hydroxyl groups is 2. The van der Waals surface area contributed by atoms with Crippen molar-refractivity contribution in [2.75, 3.05) is 20.8 Å². The number of Topliss-reactive ketones (excluding diaryl/α,β-unsaturated/α-hetero) is 3. The predicted molar refractivity (Wildman–Crippen MR) is 262 cm³/mol. The molecule has 4 rings (SSSR count). The molecule has 13 nitrogen and oxygen atoms in total. The van der Waals surface area contributed by atoms with Crippen LogP contribution in [0.2, 0.25) is 0 Å². The van der Waals surface area contributed by atoms with Crippen LogP contribution in [0.25, 0.3) is 0 Å². The van der Waals surface area contributed by atoms with Crippen molar-refractivity contribution in [3.63, 3.8) is 0 Å². The van der Waals surface area contributed by atoms with E-state index in [9.17, 15) is 34.2 Å². The minimum atomic E-state index is -2.42. The number of amides is 1. The summed E-state index contributed by atoms with van der Waals surface area (Å²) in [5, 5.41) is 23.4. The van der Waals surface area contributed by atoms with Crippen LogP contribution >= 0.6 is 0 Å². The van der Waals surface area contributed by atoms with Gasteiger partial charge in [-0.1, -0.05) is 78.0 Å². The summed E-state index contributed by atoms with van der Waals surface area (Å²) in [6, 6.07) is -1.12. The Bertz CT molecular complexity index is 1850. The summed E-state index contributed by atoms with van der Waals surface area (Å²) in [6.45, 7) is 20.9. The lowest BCUT2D eigenvalue weighted by molar-refractivity contribution is -0.265. The van der Waals surface area contributed by atoms with Gasteiger partial charge in [-0.15, -0.1) is 0 Å². The van der Waals surface area contributed by atoms with Crippen LogP contribution in [0.5, 0.6) is 0 Å². The summed E-state index contributed by atoms with van der Waals surface area (Å²) in [5.41, 5.74) is 1.07. The van der Waals surface area contributed by atoms with Crippen LogP contribution in [-0.2, 0) is 47.7 Å². The summed E-state index contributed by atoms with van der Waals surface area (Å²) in [7, 11) is 3.28. The van der Waals surface area contributed by atoms with Crippen molar-refractivity contribution in [2.45, 2.75) is 207 Å². The van der Waals surface area contributed by atoms with Crippen molar-refractivity contribution < 1.29 is 57.9 Å². The second kappa shape index (κ2) is 25.7. The number of carbonyl (C=O) groups excluding carboxylic acids is 5. The molecule has 0 aromatic rings. The van der Waals surface area contributed by atoms with E-state index in [0.717, 1.165) is 24.8 Å². The van der Waals surface area contributed by atoms with Crippen molar-refractivity contribution in [2.24, 2.45) is 41.4 Å². The lowest BCUT2D eigenvalue weighted by atomic mass is 9.78. The van der Waals surface area contributed by atoms with Gasteiger partial charge >= 0.3 is 5.97 Å². The zero-order chi connectivity index (χ0) is 50.7. The van der Waals surface area contributed by atoms with Gasteiger partial charge in [0.25, 0.3) is 11.7 Å². The first kappa shape index (κ1) is 57.3. The third-order valence-electron chi connectivity index (χ3n) is 15.1. The van der Waals surface area contributed by atoms with E-state index >= 15 is 0 Å². The molecule has 1 saturated carbocycles. The number of fused-ring (bicyclic) bond motifs is 3. The Morgan fingerprint density at radius 3 is 2.22 bits per heavy atom. The Labute approximate surface area is 407 Å². The molecule has 1 aliphatic carbocycles. The molecule has 0 spiro atoms. The van der Waals surface area contributed by atoms with Gasteiger partial charge in [0, 0.05) is 57.3 Å². The van der Waals surface area contributed by atoms with Gasteiger partial charge in [0.15, 0.2) is 0 Å². The summed E-state index contributed by atoms with van der Waals surface area (Å²) < 4.78 is 30.7. The molecule has 2 bridgehead atoms. The number of ketones is 3. The van der Waals surface area contributed by atoms with E-state index < -0.39 is 71.7 Å². The van der Waals surface area contributed by atoms with E-state index in [-0.39, 0.29) is 72.4 Å². The maximum atomic E-state index is 14.5. The number of hydrogen-bond acceptors (Lipinski definition) is 12. The van der Waals surface area contributed by atoms with Gasteiger partial charge in [0.2, 0.25) is 5.79 Å². The maximum absolute atomic E-state index is 14.5. The topological polar surface area (TPSA) is 175 Å². The number of allylic oxidation sites excluding steroid dienone is 6. The van der Waals surface area contributed by atoms with E-state index in [1.807, 2.05) is 78.8 Å². The van der Waals surface area contributed by atoms with Crippen LogP contribution < -0.4 is 0 Å². The fraction of sp³-hybridized carbons (Fsp3) is 0.764. The van der Waals surface area contributed by atoms with Crippen molar-refractivity contribution in [3.8, 4) is 0 Å². The highest BCUT2D eigenvalue weighted by atomic mass is 16.6. The second-order valence-electron chi connectivity index (χ2n) is 21.9. The molecule has 0 unspecified atom stereocenters. The SMILES string of the molecule is CO[C@H]1C[C@@H]2CC[C@@H](C)[C@@](O)(O2)C(=O)C(=O)N2CCCC[C@H]2C(=O)O[C@H]([C@H](C)C[C@@H]2CC[C@@H](OC(C)(C)C)[C@H](OC)C2)CC(=O)[C@H](C)/C=C(\C)[C@@H](O)[C@@H](C)C(=O)[C@H](C)C[C@H](C)/C=C/C=C/C=C/1C. The summed E-state index contributed by atoms with van der Waals surface area (Å²) in [6.07, 6.45) is 14.4. The Kier molecular flexibility index (Phi) is 21.6. The van der Waals surface area contributed by atoms with E-state index in [1.165, 1.54) is 4.90 Å². The number of hydrogen-bond donors (Lipinski definition) is 2. The number of nitrogens with zero attached hydrogens (tertiary/aromatic N) is 1. The maximum Gasteiger partial charge on any atom is 0.329 e. The first-order valence-corrected chi connectivity index (χ1v) is 25.5. The normalized spacial score (nSPS) is 39.4. The zero-order valence-corrected chi connectivity index (χ0v) is 43.7. The number of methoxy groups -OCH3 is 2. The van der Waals surface area contributed by atoms with Crippen LogP contribution in [0, 0.1) is 41.4 Å². The van der Waals surface area contributed by atoms with Crippen LogP contribution in [0.4, 0.5) is 0 Å². The third-order valence-corrected chi connectivity index (χ3v) is 15.1. The van der Waals surface area contributed by atoms with Crippen LogP contribution in [0.3, 0.4) is 0 Å². The highest BCUT2D eigenvalue weighted by Crippen LogP contribution is 2.38. The number of carbonyl (C=O) groups is 5. The molecule has 68 heavy (non-hydrogen) atoms. The summed E-state index contributed by atoms with van der Waals surface area (Å²) >= 11 is 0. The standard InChI is InChI=1S/C55H87NO12/c1-33-19-15-14-16-20-34(2)46(64-12)31-42-24-22-39(7)55(63,67-42)51(60)52(61)56-26-18-17-21-43(56)53(62)66-47(36(4)29-41-23-25-45(48(30-41)65-13)68-54(9,10)11)32-44(57)35(3)28-38(6)50(59)40(8)49(58)37(5)27-33/h14-16,19-20,28,33,35-37,39-43,45-48,50,59,63H,17-18,21-27,29-32H2,1-13H3/b16-14+,19-15+,34-20+,38-28+/t33-,35-,36-,37-,39-,40+,41+,42+,43+,45-,46+,47+,48-,50-,55-/m1/s1. The lowest BCUT2D eigenvalue weighted by Crippen LogP contribution is -2.61. The molecule has 3 fully saturated rings. The number of aliphatic hydroxyl groups excluding tert-OH is 1. The number of cyclic esters (lactones) is 1. The van der Waals surface area contributed by atoms with E-state index in [0.29, 0.717) is 50.5 Å². The average Bonchev–Trinajstić information content (AvgIpc) is 3.29. The van der Waals surface area contributed by atoms with Gasteiger partial charge < -0.3 is 38.8 Å². The average molecular weight is 954 g/mol. The first-order valence-electron chi connectivity index (χ1n) is 25.5. The van der Waals surface area contributed by atoms with Gasteiger partial charge in [0.05, 0.1) is 36.1 Å². The van der Waals surface area contributed by atoms with E-state index in [2.05, 4.69) is 0 Å². The van der Waals surface area contributed by atoms with Crippen LogP contribution in [0.1, 0.15) is 153 Å². The number of piperidine rings is 1. The molecule has 3 aliphatic heterocycles. The van der Waals surface area contributed by atoms with Gasteiger partial charge in [-0.05, 0) is 128 Å². The smallest absolute Gasteiger partial charge is 0.329 e. The largest absolute Gasteiger partial charge is 0.460 e. The Morgan fingerprint density at radius 2 is 1.56 bits per heavy atom. The summed E-state index contributed by atoms with van der Waals surface area (Å²) in [5.74, 6) is -7.94. The van der Waals surface area contributed by atoms with Crippen molar-refractivity contribution in [1.29, 1.82) is 0 Å². The van der Waals surface area contributed by atoms with Crippen LogP contribution in [-0.4, -0.2) is 119 Å². The molecular weight excluding hydrogens is 867 g/mol. The fourth-order valence-electron chi connectivity index (χ4n) is 10.8. The molecule has 13 heteroatoms. The number of ether oxygens (including phenoxy) is 5. The molecule has 3 heterocycles. The van der Waals surface area contributed by atoms with Crippen molar-refractivity contribution in [1.82, 2.24) is 4.90 Å². The molecule has 1 amide bonds. The van der Waals surface area contributed by atoms with Gasteiger partial charge in [0.1, 0.15) is 23.7 Å². The first-order chi connectivity index (χ1) is 31.9. The molecular formula is C55H87NO12. The molecule has 0 radical (unpaired) electrons. The minimum absolute atomic E-state index is 0.0598. The Balaban J connectivity index is 1.69. The zero-order valence-electron chi connectivity index (χ0n) is 43.7. The van der Waals surface area contributed by atoms with Crippen molar-refractivity contribution >= 4 is 29.2 Å². The molecule has 2 N–H and O–H groups in total. The quantitative estimate of drug-likeness (QED) is 0.148. The van der Waals surface area contributed by atoms with Crippen molar-refractivity contribution in [3.05, 3.63) is 47.6 Å². The monoisotopic (exact) mass is 954 g/mol. The Hall–Kier alpha value is -3.33. The highest BCUT2D eigenvalue weighted by Gasteiger charge is 2.53. The number of esters is 1. The summed E-state index contributed by atoms with van der Waals surface area (Å²) in [4.78, 5) is 72.2. The molecule has 2 saturated heterocycles. The molecule has 4 aliphatic rings. The molecule has 0 aromatic heterocycles. The van der Waals surface area contributed by atoms with E-state index in [4.69, 9.17) is 23.7 Å². The fourth-order valence-corrected chi connectivity index (χ4v) is 10.8. The van der Waals surface area contributed by atoms with E-state index in [1.54, 1.807) is 48.0 Å². The lowest BCUT2D eigenvalue weighted by Gasteiger charge is -2.42. The van der Waals surface area contributed by atoms with Gasteiger partial charge in [-0.25, -0.2) is 4.79 Å². The molecule has 0 aromatic carbocycles. The highest BCUT2D eigenvalue weighted by molar-refractivity contribution is 6.39. The third kappa shape index (κ3) is 15.6. The van der Waals surface area contributed by atoms with Crippen LogP contribution in [0.15, 0.2) is 47.6 Å². The van der Waals surface area contributed by atoms with Gasteiger partial charge in [-0.3, -0.25) is 19.2 Å². The molecule has 15 atom stereocenters. The molecule has 384 valence electrons. The minimum Gasteiger partial charge on any atom is -0.460 e. The number of rotatable bonds is 6. The van der Waals surface area contributed by atoms with Gasteiger partial charge in [-0.2, -0.15) is 0 Å². The Morgan fingerprint density at radius 1 is 0.853 bits per heavy atom. The second-order valence-corrected chi connectivity index (χ2v) is 21.9. The predicted octanol–water partition coefficient (Wildman–Crippen LogP) is 8.62.